The minimum atomic E-state index is -3.35. The van der Waals surface area contributed by atoms with E-state index in [0.29, 0.717) is 17.0 Å². The summed E-state index contributed by atoms with van der Waals surface area (Å²) in [5, 5.41) is 8.05. The first-order valence-corrected chi connectivity index (χ1v) is 12.3. The molecule has 1 aliphatic heterocycles. The van der Waals surface area contributed by atoms with E-state index < -0.39 is 10.0 Å². The van der Waals surface area contributed by atoms with Crippen molar-refractivity contribution < 1.29 is 17.9 Å². The summed E-state index contributed by atoms with van der Waals surface area (Å²) in [6.07, 6.45) is 1.65. The van der Waals surface area contributed by atoms with Crippen molar-refractivity contribution in [3.8, 4) is 5.75 Å². The highest BCUT2D eigenvalue weighted by Crippen LogP contribution is 2.35. The first kappa shape index (κ1) is 21.1. The number of hydrogen-bond donors (Lipinski definition) is 1. The van der Waals surface area contributed by atoms with Crippen LogP contribution >= 0.6 is 11.3 Å². The Bertz CT molecular complexity index is 1200. The topological polar surface area (TPSA) is 88.1 Å². The zero-order valence-corrected chi connectivity index (χ0v) is 18.6. The van der Waals surface area contributed by atoms with Crippen molar-refractivity contribution >= 4 is 38.7 Å². The molecule has 3 aromatic rings. The number of rotatable bonds is 6. The van der Waals surface area contributed by atoms with Crippen molar-refractivity contribution in [1.82, 2.24) is 5.01 Å². The second kappa shape index (κ2) is 8.52. The number of ether oxygens (including phenoxy) is 1. The maximum Gasteiger partial charge on any atom is 0.284 e. The van der Waals surface area contributed by atoms with E-state index in [4.69, 9.17) is 4.74 Å². The minimum absolute atomic E-state index is 0.152. The van der Waals surface area contributed by atoms with E-state index in [1.807, 2.05) is 35.7 Å². The van der Waals surface area contributed by atoms with Gasteiger partial charge in [-0.15, -0.1) is 11.3 Å². The zero-order chi connectivity index (χ0) is 22.0. The van der Waals surface area contributed by atoms with Crippen LogP contribution in [-0.4, -0.2) is 38.4 Å². The quantitative estimate of drug-likeness (QED) is 0.606. The van der Waals surface area contributed by atoms with Gasteiger partial charge in [-0.05, 0) is 46.8 Å². The summed E-state index contributed by atoms with van der Waals surface area (Å²) in [6, 6.07) is 18.0. The van der Waals surface area contributed by atoms with Gasteiger partial charge < -0.3 is 4.74 Å². The number of methoxy groups -OCH3 is 1. The summed E-state index contributed by atoms with van der Waals surface area (Å²) in [6.45, 7) is 0. The van der Waals surface area contributed by atoms with Crippen LogP contribution in [0.3, 0.4) is 0 Å². The van der Waals surface area contributed by atoms with E-state index in [-0.39, 0.29) is 11.9 Å². The molecule has 0 saturated heterocycles. The number of hydrogen-bond acceptors (Lipinski definition) is 6. The summed E-state index contributed by atoms with van der Waals surface area (Å²) < 4.78 is 30.6. The Balaban J connectivity index is 1.65. The van der Waals surface area contributed by atoms with Gasteiger partial charge in [0.25, 0.3) is 5.91 Å². The molecule has 9 heteroatoms. The third kappa shape index (κ3) is 4.78. The Hall–Kier alpha value is -3.17. The van der Waals surface area contributed by atoms with Crippen LogP contribution in [0.1, 0.15) is 33.3 Å². The third-order valence-corrected chi connectivity index (χ3v) is 6.34. The van der Waals surface area contributed by atoms with E-state index in [2.05, 4.69) is 9.82 Å². The monoisotopic (exact) mass is 455 g/mol. The predicted molar refractivity (Wildman–Crippen MR) is 122 cm³/mol. The number of thiophene rings is 1. The molecule has 0 radical (unpaired) electrons. The van der Waals surface area contributed by atoms with Crippen LogP contribution in [0.25, 0.3) is 0 Å². The van der Waals surface area contributed by atoms with E-state index >= 15 is 0 Å². The molecule has 0 bridgehead atoms. The molecule has 1 atom stereocenters. The van der Waals surface area contributed by atoms with Crippen LogP contribution in [0.15, 0.2) is 71.1 Å². The van der Waals surface area contributed by atoms with E-state index in [1.165, 1.54) is 16.3 Å². The summed E-state index contributed by atoms with van der Waals surface area (Å²) in [7, 11) is -1.74. The van der Waals surface area contributed by atoms with Crippen molar-refractivity contribution in [1.29, 1.82) is 0 Å². The highest BCUT2D eigenvalue weighted by molar-refractivity contribution is 7.92. The largest absolute Gasteiger partial charge is 0.497 e. The molecule has 1 amide bonds. The van der Waals surface area contributed by atoms with Crippen LogP contribution in [-0.2, 0) is 10.0 Å². The molecule has 4 rings (SSSR count). The number of carbonyl (C=O) groups excluding carboxylic acids is 1. The molecule has 7 nitrogen and oxygen atoms in total. The molecule has 1 aromatic heterocycles. The molecule has 1 N–H and O–H groups in total. The molecule has 0 spiro atoms. The lowest BCUT2D eigenvalue weighted by Gasteiger charge is -2.21. The van der Waals surface area contributed by atoms with Crippen molar-refractivity contribution in [3.05, 3.63) is 82.0 Å². The fourth-order valence-corrected chi connectivity index (χ4v) is 4.64. The van der Waals surface area contributed by atoms with Crippen LogP contribution in [0, 0.1) is 0 Å². The normalized spacial score (nSPS) is 16.1. The lowest BCUT2D eigenvalue weighted by molar-refractivity contribution is 0.0716. The maximum atomic E-state index is 13.1. The number of carbonyl (C=O) groups is 1. The van der Waals surface area contributed by atoms with Gasteiger partial charge >= 0.3 is 0 Å². The summed E-state index contributed by atoms with van der Waals surface area (Å²) in [4.78, 5) is 13.8. The van der Waals surface area contributed by atoms with Crippen molar-refractivity contribution in [3.63, 3.8) is 0 Å². The fraction of sp³-hybridized carbons (Fsp3) is 0.182. The number of nitrogens with zero attached hydrogens (tertiary/aromatic N) is 2. The van der Waals surface area contributed by atoms with Gasteiger partial charge in [0.1, 0.15) is 5.75 Å². The first-order chi connectivity index (χ1) is 14.8. The van der Waals surface area contributed by atoms with Crippen LogP contribution in [0.2, 0.25) is 0 Å². The SMILES string of the molecule is COc1ccc(C2CC(c3ccc(NS(C)(=O)=O)cc3)=NN2C(=O)c2cccs2)cc1. The number of benzene rings is 2. The van der Waals surface area contributed by atoms with Crippen molar-refractivity contribution in [2.24, 2.45) is 5.10 Å². The van der Waals surface area contributed by atoms with Crippen molar-refractivity contribution in [2.75, 3.05) is 18.1 Å². The predicted octanol–water partition coefficient (Wildman–Crippen LogP) is 4.12. The second-order valence-corrected chi connectivity index (χ2v) is 9.81. The molecule has 0 aliphatic carbocycles. The second-order valence-electron chi connectivity index (χ2n) is 7.12. The summed E-state index contributed by atoms with van der Waals surface area (Å²) in [5.74, 6) is 0.592. The minimum Gasteiger partial charge on any atom is -0.497 e. The summed E-state index contributed by atoms with van der Waals surface area (Å²) in [5.41, 5.74) is 3.03. The molecule has 0 fully saturated rings. The molecule has 2 heterocycles. The third-order valence-electron chi connectivity index (χ3n) is 4.87. The fourth-order valence-electron chi connectivity index (χ4n) is 3.42. The van der Waals surface area contributed by atoms with E-state index in [1.54, 1.807) is 37.4 Å². The Labute approximate surface area is 185 Å². The van der Waals surface area contributed by atoms with Gasteiger partial charge in [0, 0.05) is 12.1 Å². The van der Waals surface area contributed by atoms with Gasteiger partial charge in [-0.1, -0.05) is 30.3 Å². The molecule has 1 aliphatic rings. The lowest BCUT2D eigenvalue weighted by Crippen LogP contribution is -2.26. The average molecular weight is 456 g/mol. The van der Waals surface area contributed by atoms with Crippen LogP contribution in [0.4, 0.5) is 5.69 Å². The lowest BCUT2D eigenvalue weighted by atomic mass is 9.98. The van der Waals surface area contributed by atoms with Gasteiger partial charge in [-0.3, -0.25) is 9.52 Å². The number of anilines is 1. The summed E-state index contributed by atoms with van der Waals surface area (Å²) >= 11 is 1.38. The van der Waals surface area contributed by atoms with Crippen LogP contribution in [0.5, 0.6) is 5.75 Å². The molecule has 31 heavy (non-hydrogen) atoms. The van der Waals surface area contributed by atoms with E-state index in [0.717, 1.165) is 28.8 Å². The number of amides is 1. The highest BCUT2D eigenvalue weighted by Gasteiger charge is 2.34. The number of hydrazone groups is 1. The van der Waals surface area contributed by atoms with Gasteiger partial charge in [-0.25, -0.2) is 13.4 Å². The number of nitrogens with one attached hydrogen (secondary N) is 1. The van der Waals surface area contributed by atoms with Gasteiger partial charge in [0.15, 0.2) is 0 Å². The van der Waals surface area contributed by atoms with Crippen molar-refractivity contribution in [2.45, 2.75) is 12.5 Å². The standard InChI is InChI=1S/C22H21N3O4S2/c1-29-18-11-7-16(8-12-18)20-14-19(23-25(20)22(26)21-4-3-13-30-21)15-5-9-17(10-6-15)24-31(2,27)28/h3-13,20,24H,14H2,1-2H3. The molecular formula is C22H21N3O4S2. The van der Waals surface area contributed by atoms with Crippen LogP contribution < -0.4 is 9.46 Å². The Morgan fingerprint density at radius 2 is 1.84 bits per heavy atom. The van der Waals surface area contributed by atoms with Gasteiger partial charge in [0.05, 0.1) is 30.0 Å². The average Bonchev–Trinajstić information content (AvgIpc) is 3.43. The van der Waals surface area contributed by atoms with Gasteiger partial charge in [-0.2, -0.15) is 5.10 Å². The van der Waals surface area contributed by atoms with Gasteiger partial charge in [0.2, 0.25) is 10.0 Å². The Morgan fingerprint density at radius 1 is 1.13 bits per heavy atom. The molecule has 160 valence electrons. The molecular weight excluding hydrogens is 434 g/mol. The van der Waals surface area contributed by atoms with E-state index in [9.17, 15) is 13.2 Å². The maximum absolute atomic E-state index is 13.1. The smallest absolute Gasteiger partial charge is 0.284 e. The molecule has 2 aromatic carbocycles. The number of sulfonamides is 1. The molecule has 1 unspecified atom stereocenters. The highest BCUT2D eigenvalue weighted by atomic mass is 32.2. The Kier molecular flexibility index (Phi) is 5.79. The molecule has 0 saturated carbocycles. The first-order valence-electron chi connectivity index (χ1n) is 9.51. The zero-order valence-electron chi connectivity index (χ0n) is 17.0. The Morgan fingerprint density at radius 3 is 2.42 bits per heavy atom.